The second-order valence-electron chi connectivity index (χ2n) is 4.48. The van der Waals surface area contributed by atoms with E-state index in [4.69, 9.17) is 9.84 Å². The number of aliphatic hydroxyl groups is 1. The molecule has 1 amide bonds. The average Bonchev–Trinajstić information content (AvgIpc) is 2.30. The summed E-state index contributed by atoms with van der Waals surface area (Å²) in [6.07, 6.45) is -2.01. The van der Waals surface area contributed by atoms with Crippen LogP contribution in [0.1, 0.15) is 26.3 Å². The molecule has 0 heterocycles. The lowest BCUT2D eigenvalue weighted by atomic mass is 10.2. The molecule has 0 saturated carbocycles. The van der Waals surface area contributed by atoms with Crippen LogP contribution in [-0.2, 0) is 11.3 Å². The first-order valence-corrected chi connectivity index (χ1v) is 6.05. The van der Waals surface area contributed by atoms with Crippen LogP contribution in [0.5, 0.6) is 5.75 Å². The molecule has 1 aromatic rings. The van der Waals surface area contributed by atoms with E-state index in [0.717, 1.165) is 12.1 Å². The summed E-state index contributed by atoms with van der Waals surface area (Å²) in [6.45, 7) is 4.46. The number of aliphatic hydroxyl groups excluding tert-OH is 1. The van der Waals surface area contributed by atoms with Gasteiger partial charge in [0.15, 0.2) is 23.7 Å². The predicted octanol–water partition coefficient (Wildman–Crippen LogP) is 2.32. The van der Waals surface area contributed by atoms with Crippen molar-refractivity contribution in [2.24, 2.45) is 0 Å². The predicted molar refractivity (Wildman–Crippen MR) is 67.1 cm³/mol. The summed E-state index contributed by atoms with van der Waals surface area (Å²) >= 11 is 0. The molecule has 7 heteroatoms. The molecule has 0 aromatic heterocycles. The molecule has 112 valence electrons. The van der Waals surface area contributed by atoms with Crippen molar-refractivity contribution in [3.05, 3.63) is 29.3 Å². The number of hydrogen-bond donors (Lipinski definition) is 2. The van der Waals surface area contributed by atoms with Crippen LogP contribution >= 0.6 is 0 Å². The Labute approximate surface area is 115 Å². The number of nitrogens with one attached hydrogen (secondary N) is 1. The van der Waals surface area contributed by atoms with E-state index in [2.05, 4.69) is 10.1 Å². The lowest BCUT2D eigenvalue weighted by Gasteiger charge is -2.13. The highest BCUT2D eigenvalue weighted by atomic mass is 19.1. The van der Waals surface area contributed by atoms with Gasteiger partial charge in [0.05, 0.1) is 0 Å². The van der Waals surface area contributed by atoms with Gasteiger partial charge in [0, 0.05) is 6.04 Å². The normalized spacial score (nSPS) is 12.2. The minimum Gasteiger partial charge on any atom is -0.459 e. The van der Waals surface area contributed by atoms with E-state index in [1.807, 2.05) is 0 Å². The smallest absolute Gasteiger partial charge is 0.407 e. The number of benzene rings is 1. The number of alkyl carbamates (subject to hydrolysis) is 1. The fraction of sp³-hybridized carbons (Fsp3) is 0.462. The van der Waals surface area contributed by atoms with E-state index < -0.39 is 29.8 Å². The molecule has 0 aliphatic carbocycles. The van der Waals surface area contributed by atoms with E-state index >= 15 is 0 Å². The third-order valence-corrected chi connectivity index (χ3v) is 2.12. The maximum Gasteiger partial charge on any atom is 0.407 e. The van der Waals surface area contributed by atoms with Crippen LogP contribution in [0.4, 0.5) is 13.6 Å². The Hall–Kier alpha value is -1.89. The zero-order valence-corrected chi connectivity index (χ0v) is 11.4. The highest BCUT2D eigenvalue weighted by Crippen LogP contribution is 2.24. The summed E-state index contributed by atoms with van der Waals surface area (Å²) < 4.78 is 36.5. The molecular formula is C13H17F2NO4. The molecule has 20 heavy (non-hydrogen) atoms. The van der Waals surface area contributed by atoms with Crippen LogP contribution in [-0.4, -0.2) is 23.5 Å². The molecule has 1 aromatic carbocycles. The van der Waals surface area contributed by atoms with Gasteiger partial charge in [0.25, 0.3) is 0 Å². The van der Waals surface area contributed by atoms with E-state index in [9.17, 15) is 13.6 Å². The maximum atomic E-state index is 13.6. The first kappa shape index (κ1) is 16.2. The lowest BCUT2D eigenvalue weighted by molar-refractivity contribution is -0.00608. The van der Waals surface area contributed by atoms with E-state index in [1.165, 1.54) is 6.92 Å². The summed E-state index contributed by atoms with van der Waals surface area (Å²) in [5.74, 6) is -2.63. The van der Waals surface area contributed by atoms with Crippen LogP contribution in [0.3, 0.4) is 0 Å². The number of carbonyl (C=O) groups excluding carboxylic acids is 1. The molecule has 2 N–H and O–H groups in total. The average molecular weight is 289 g/mol. The molecule has 5 nitrogen and oxygen atoms in total. The number of ether oxygens (including phenoxy) is 2. The van der Waals surface area contributed by atoms with E-state index in [0.29, 0.717) is 0 Å². The molecule has 0 radical (unpaired) electrons. The van der Waals surface area contributed by atoms with Crippen LogP contribution in [0.25, 0.3) is 0 Å². The summed E-state index contributed by atoms with van der Waals surface area (Å²) in [5, 5.41) is 11.4. The monoisotopic (exact) mass is 289 g/mol. The molecule has 1 rings (SSSR count). The Morgan fingerprint density at radius 3 is 2.30 bits per heavy atom. The molecule has 0 aliphatic heterocycles. The van der Waals surface area contributed by atoms with Gasteiger partial charge in [-0.05, 0) is 38.5 Å². The quantitative estimate of drug-likeness (QED) is 0.816. The molecule has 0 spiro atoms. The van der Waals surface area contributed by atoms with Gasteiger partial charge in [-0.25, -0.2) is 13.6 Å². The van der Waals surface area contributed by atoms with Crippen molar-refractivity contribution >= 4 is 6.09 Å². The second kappa shape index (κ2) is 7.04. The van der Waals surface area contributed by atoms with Gasteiger partial charge in [-0.1, -0.05) is 0 Å². The maximum absolute atomic E-state index is 13.6. The van der Waals surface area contributed by atoms with Gasteiger partial charge >= 0.3 is 6.09 Å². The van der Waals surface area contributed by atoms with Crippen LogP contribution in [0.2, 0.25) is 0 Å². The minimum absolute atomic E-state index is 0.0993. The number of amides is 1. The Balaban J connectivity index is 2.71. The molecule has 0 saturated heterocycles. The van der Waals surface area contributed by atoms with Crippen molar-refractivity contribution in [2.75, 3.05) is 0 Å². The highest BCUT2D eigenvalue weighted by molar-refractivity contribution is 5.67. The zero-order valence-electron chi connectivity index (χ0n) is 11.4. The van der Waals surface area contributed by atoms with Crippen molar-refractivity contribution in [2.45, 2.75) is 39.7 Å². The van der Waals surface area contributed by atoms with Gasteiger partial charge in [0.2, 0.25) is 0 Å². The molecular weight excluding hydrogens is 272 g/mol. The largest absolute Gasteiger partial charge is 0.459 e. The van der Waals surface area contributed by atoms with Crippen LogP contribution in [0, 0.1) is 11.6 Å². The van der Waals surface area contributed by atoms with Gasteiger partial charge in [0.1, 0.15) is 6.61 Å². The summed E-state index contributed by atoms with van der Waals surface area (Å²) in [4.78, 5) is 11.2. The lowest BCUT2D eigenvalue weighted by Crippen LogP contribution is -2.30. The van der Waals surface area contributed by atoms with Crippen molar-refractivity contribution in [1.29, 1.82) is 0 Å². The SMILES string of the molecule is CC(C)NC(=O)OCc1cc(F)c(OC(C)O)c(F)c1. The fourth-order valence-corrected chi connectivity index (χ4v) is 1.41. The first-order valence-electron chi connectivity index (χ1n) is 6.05. The Morgan fingerprint density at radius 1 is 1.30 bits per heavy atom. The topological polar surface area (TPSA) is 67.8 Å². The minimum atomic E-state index is -1.34. The van der Waals surface area contributed by atoms with Crippen molar-refractivity contribution in [3.8, 4) is 5.75 Å². The Morgan fingerprint density at radius 2 is 1.85 bits per heavy atom. The number of rotatable bonds is 5. The second-order valence-corrected chi connectivity index (χ2v) is 4.48. The van der Waals surface area contributed by atoms with Crippen LogP contribution < -0.4 is 10.1 Å². The molecule has 1 unspecified atom stereocenters. The standard InChI is InChI=1S/C13H17F2NO4/c1-7(2)16-13(18)19-6-9-4-10(14)12(11(15)5-9)20-8(3)17/h4-5,7-8,17H,6H2,1-3H3,(H,16,18). The van der Waals surface area contributed by atoms with E-state index in [-0.39, 0.29) is 18.2 Å². The van der Waals surface area contributed by atoms with Gasteiger partial charge in [-0.3, -0.25) is 0 Å². The Kier molecular flexibility index (Phi) is 5.69. The van der Waals surface area contributed by atoms with Gasteiger partial charge < -0.3 is 19.9 Å². The highest BCUT2D eigenvalue weighted by Gasteiger charge is 2.15. The number of carbonyl (C=O) groups is 1. The third-order valence-electron chi connectivity index (χ3n) is 2.12. The fourth-order valence-electron chi connectivity index (χ4n) is 1.41. The number of halogens is 2. The summed E-state index contributed by atoms with van der Waals surface area (Å²) in [5.41, 5.74) is 0.136. The molecule has 1 atom stereocenters. The third kappa shape index (κ3) is 5.00. The summed E-state index contributed by atoms with van der Waals surface area (Å²) in [7, 11) is 0. The van der Waals surface area contributed by atoms with E-state index in [1.54, 1.807) is 13.8 Å². The van der Waals surface area contributed by atoms with Crippen LogP contribution in [0.15, 0.2) is 12.1 Å². The van der Waals surface area contributed by atoms with Gasteiger partial charge in [-0.2, -0.15) is 0 Å². The molecule has 0 aliphatic rings. The Bertz CT molecular complexity index is 454. The first-order chi connectivity index (χ1) is 9.29. The van der Waals surface area contributed by atoms with Crippen molar-refractivity contribution in [1.82, 2.24) is 5.32 Å². The van der Waals surface area contributed by atoms with Crippen molar-refractivity contribution in [3.63, 3.8) is 0 Å². The molecule has 0 bridgehead atoms. The van der Waals surface area contributed by atoms with Gasteiger partial charge in [-0.15, -0.1) is 0 Å². The molecule has 0 fully saturated rings. The van der Waals surface area contributed by atoms with Crippen molar-refractivity contribution < 1.29 is 28.2 Å². The number of hydrogen-bond acceptors (Lipinski definition) is 4. The zero-order chi connectivity index (χ0) is 15.3. The summed E-state index contributed by atoms with van der Waals surface area (Å²) in [6, 6.07) is 1.85.